The fourth-order valence-electron chi connectivity index (χ4n) is 1.98. The van der Waals surface area contributed by atoms with Crippen LogP contribution in [0.5, 0.6) is 0 Å². The van der Waals surface area contributed by atoms with Gasteiger partial charge in [-0.2, -0.15) is 0 Å². The van der Waals surface area contributed by atoms with Crippen LogP contribution in [0.4, 0.5) is 5.69 Å². The molecule has 3 rings (SSSR count). The average molecular weight is 290 g/mol. The van der Waals surface area contributed by atoms with Gasteiger partial charge >= 0.3 is 5.76 Å². The molecular formula is C14H12ClN3O2. The van der Waals surface area contributed by atoms with Crippen molar-refractivity contribution in [3.8, 4) is 0 Å². The molecule has 1 aromatic carbocycles. The smallest absolute Gasteiger partial charge is 0.406 e. The van der Waals surface area contributed by atoms with Gasteiger partial charge in [0, 0.05) is 30.0 Å². The Kier molecular flexibility index (Phi) is 3.43. The van der Waals surface area contributed by atoms with Gasteiger partial charge in [-0.05, 0) is 36.4 Å². The molecule has 2 heterocycles. The fraction of sp³-hybridized carbons (Fsp3) is 0.143. The minimum absolute atomic E-state index is 0.392. The number of fused-ring (bicyclic) bond motifs is 1. The Balaban J connectivity index is 1.72. The zero-order valence-corrected chi connectivity index (χ0v) is 11.3. The lowest BCUT2D eigenvalue weighted by Gasteiger charge is -2.06. The molecular weight excluding hydrogens is 278 g/mol. The van der Waals surface area contributed by atoms with Crippen LogP contribution in [-0.4, -0.2) is 16.1 Å². The van der Waals surface area contributed by atoms with Gasteiger partial charge in [-0.25, -0.2) is 9.78 Å². The van der Waals surface area contributed by atoms with E-state index < -0.39 is 5.76 Å². The molecule has 0 radical (unpaired) electrons. The monoisotopic (exact) mass is 289 g/mol. The summed E-state index contributed by atoms with van der Waals surface area (Å²) in [6.45, 7) is 1.07. The summed E-state index contributed by atoms with van der Waals surface area (Å²) in [6.07, 6.45) is 1.64. The van der Waals surface area contributed by atoms with Gasteiger partial charge in [-0.15, -0.1) is 0 Å². The van der Waals surface area contributed by atoms with Crippen LogP contribution in [0.2, 0.25) is 5.02 Å². The van der Waals surface area contributed by atoms with E-state index >= 15 is 0 Å². The van der Waals surface area contributed by atoms with E-state index in [1.807, 2.05) is 24.3 Å². The highest BCUT2D eigenvalue weighted by atomic mass is 35.5. The summed E-state index contributed by atoms with van der Waals surface area (Å²) in [7, 11) is 0. The van der Waals surface area contributed by atoms with Crippen LogP contribution in [0.25, 0.3) is 11.2 Å². The summed E-state index contributed by atoms with van der Waals surface area (Å²) < 4.78 is 6.63. The fourth-order valence-corrected chi connectivity index (χ4v) is 2.10. The first-order valence-electron chi connectivity index (χ1n) is 6.18. The van der Waals surface area contributed by atoms with Crippen molar-refractivity contribution in [2.45, 2.75) is 6.54 Å². The van der Waals surface area contributed by atoms with Gasteiger partial charge < -0.3 is 9.73 Å². The van der Waals surface area contributed by atoms with Gasteiger partial charge in [0.15, 0.2) is 11.2 Å². The predicted octanol–water partition coefficient (Wildman–Crippen LogP) is 2.75. The maximum atomic E-state index is 11.7. The van der Waals surface area contributed by atoms with Gasteiger partial charge in [-0.3, -0.25) is 4.57 Å². The molecule has 0 atom stereocenters. The van der Waals surface area contributed by atoms with Crippen LogP contribution in [0.1, 0.15) is 0 Å². The third-order valence-corrected chi connectivity index (χ3v) is 3.18. The molecule has 0 saturated carbocycles. The number of rotatable bonds is 4. The summed E-state index contributed by atoms with van der Waals surface area (Å²) in [4.78, 5) is 15.9. The van der Waals surface area contributed by atoms with Gasteiger partial charge in [-0.1, -0.05) is 11.6 Å². The van der Waals surface area contributed by atoms with Crippen molar-refractivity contribution in [2.24, 2.45) is 0 Å². The Morgan fingerprint density at radius 2 is 2.05 bits per heavy atom. The van der Waals surface area contributed by atoms with Crippen molar-refractivity contribution in [2.75, 3.05) is 11.9 Å². The second kappa shape index (κ2) is 5.38. The molecule has 0 bridgehead atoms. The van der Waals surface area contributed by atoms with Gasteiger partial charge in [0.1, 0.15) is 0 Å². The maximum Gasteiger partial charge on any atom is 0.421 e. The second-order valence-corrected chi connectivity index (χ2v) is 4.71. The lowest BCUT2D eigenvalue weighted by Crippen LogP contribution is -2.19. The van der Waals surface area contributed by atoms with Crippen LogP contribution >= 0.6 is 11.6 Å². The number of oxazole rings is 1. The Morgan fingerprint density at radius 1 is 1.25 bits per heavy atom. The molecule has 5 nitrogen and oxygen atoms in total. The summed E-state index contributed by atoms with van der Waals surface area (Å²) in [5.74, 6) is -0.392. The molecule has 3 aromatic rings. The number of nitrogens with zero attached hydrogens (tertiary/aromatic N) is 2. The van der Waals surface area contributed by atoms with Crippen LogP contribution in [0.3, 0.4) is 0 Å². The van der Waals surface area contributed by atoms with E-state index in [0.29, 0.717) is 29.3 Å². The lowest BCUT2D eigenvalue weighted by atomic mass is 10.3. The molecule has 0 spiro atoms. The van der Waals surface area contributed by atoms with Gasteiger partial charge in [0.05, 0.1) is 0 Å². The number of anilines is 1. The summed E-state index contributed by atoms with van der Waals surface area (Å²) in [5.41, 5.74) is 2.02. The zero-order valence-electron chi connectivity index (χ0n) is 10.5. The third kappa shape index (κ3) is 2.53. The number of hydrogen-bond acceptors (Lipinski definition) is 4. The number of halogens is 1. The number of benzene rings is 1. The van der Waals surface area contributed by atoms with E-state index in [1.54, 1.807) is 18.3 Å². The number of nitrogens with one attached hydrogen (secondary N) is 1. The molecule has 0 unspecified atom stereocenters. The highest BCUT2D eigenvalue weighted by Gasteiger charge is 2.08. The molecule has 6 heteroatoms. The molecule has 102 valence electrons. The van der Waals surface area contributed by atoms with Crippen molar-refractivity contribution >= 4 is 28.5 Å². The third-order valence-electron chi connectivity index (χ3n) is 2.93. The maximum absolute atomic E-state index is 11.7. The molecule has 20 heavy (non-hydrogen) atoms. The topological polar surface area (TPSA) is 60.1 Å². The number of hydrogen-bond donors (Lipinski definition) is 1. The minimum Gasteiger partial charge on any atom is -0.406 e. The second-order valence-electron chi connectivity index (χ2n) is 4.28. The largest absolute Gasteiger partial charge is 0.421 e. The first kappa shape index (κ1) is 12.7. The highest BCUT2D eigenvalue weighted by Crippen LogP contribution is 2.13. The summed E-state index contributed by atoms with van der Waals surface area (Å²) >= 11 is 5.82. The molecule has 0 aliphatic rings. The van der Waals surface area contributed by atoms with E-state index in [2.05, 4.69) is 10.3 Å². The summed E-state index contributed by atoms with van der Waals surface area (Å²) in [6, 6.07) is 10.9. The normalized spacial score (nSPS) is 10.8. The molecule has 0 fully saturated rings. The molecule has 0 amide bonds. The van der Waals surface area contributed by atoms with Crippen LogP contribution in [-0.2, 0) is 6.54 Å². The zero-order chi connectivity index (χ0) is 13.9. The Hall–Kier alpha value is -2.27. The van der Waals surface area contributed by atoms with Crippen molar-refractivity contribution in [1.82, 2.24) is 9.55 Å². The van der Waals surface area contributed by atoms with Crippen LogP contribution in [0.15, 0.2) is 51.8 Å². The predicted molar refractivity (Wildman–Crippen MR) is 78.2 cm³/mol. The van der Waals surface area contributed by atoms with E-state index in [-0.39, 0.29) is 0 Å². The molecule has 2 aromatic heterocycles. The van der Waals surface area contributed by atoms with Crippen molar-refractivity contribution in [3.63, 3.8) is 0 Å². The molecule has 0 saturated heterocycles. The van der Waals surface area contributed by atoms with E-state index in [4.69, 9.17) is 16.0 Å². The molecule has 0 aliphatic heterocycles. The number of pyridine rings is 1. The van der Waals surface area contributed by atoms with Crippen LogP contribution in [0, 0.1) is 0 Å². The lowest BCUT2D eigenvalue weighted by molar-refractivity contribution is 0.509. The first-order valence-corrected chi connectivity index (χ1v) is 6.55. The Labute approximate surface area is 119 Å². The first-order chi connectivity index (χ1) is 9.74. The standard InChI is InChI=1S/C14H12ClN3O2/c15-10-3-5-11(6-4-10)16-8-9-18-13-12(20-14(18)19)2-1-7-17-13/h1-7,16H,8-9H2. The SMILES string of the molecule is O=c1oc2cccnc2n1CCNc1ccc(Cl)cc1. The van der Waals surface area contributed by atoms with Crippen LogP contribution < -0.4 is 11.1 Å². The average Bonchev–Trinajstić information content (AvgIpc) is 2.77. The number of aromatic nitrogens is 2. The van der Waals surface area contributed by atoms with Crippen molar-refractivity contribution in [3.05, 3.63) is 58.2 Å². The van der Waals surface area contributed by atoms with Crippen molar-refractivity contribution < 1.29 is 4.42 Å². The van der Waals surface area contributed by atoms with Gasteiger partial charge in [0.2, 0.25) is 0 Å². The highest BCUT2D eigenvalue weighted by molar-refractivity contribution is 6.30. The van der Waals surface area contributed by atoms with Crippen molar-refractivity contribution in [1.29, 1.82) is 0 Å². The minimum atomic E-state index is -0.392. The Bertz CT molecular complexity index is 777. The Morgan fingerprint density at radius 3 is 2.85 bits per heavy atom. The van der Waals surface area contributed by atoms with E-state index in [9.17, 15) is 4.79 Å². The van der Waals surface area contributed by atoms with E-state index in [1.165, 1.54) is 4.57 Å². The van der Waals surface area contributed by atoms with E-state index in [0.717, 1.165) is 5.69 Å². The van der Waals surface area contributed by atoms with Gasteiger partial charge in [0.25, 0.3) is 0 Å². The molecule has 1 N–H and O–H groups in total. The quantitative estimate of drug-likeness (QED) is 0.802. The molecule has 0 aliphatic carbocycles. The summed E-state index contributed by atoms with van der Waals surface area (Å²) in [5, 5.41) is 3.91.